The molecule has 0 aliphatic heterocycles. The Hall–Kier alpha value is -2.99. The molecule has 0 saturated carbocycles. The van der Waals surface area contributed by atoms with Crippen LogP contribution in [0.25, 0.3) is 0 Å². The molecular weight excluding hydrogens is 354 g/mol. The number of methoxy groups -OCH3 is 2. The maximum absolute atomic E-state index is 12.2. The van der Waals surface area contributed by atoms with Crippen molar-refractivity contribution in [1.82, 2.24) is 15.3 Å². The van der Waals surface area contributed by atoms with Gasteiger partial charge in [0.2, 0.25) is 5.91 Å². The van der Waals surface area contributed by atoms with E-state index in [0.717, 1.165) is 17.3 Å². The smallest absolute Gasteiger partial charge is 0.230 e. The predicted molar refractivity (Wildman–Crippen MR) is 98.0 cm³/mol. The Morgan fingerprint density at radius 3 is 2.81 bits per heavy atom. The van der Waals surface area contributed by atoms with Crippen molar-refractivity contribution in [2.75, 3.05) is 25.7 Å². The van der Waals surface area contributed by atoms with Gasteiger partial charge in [0.1, 0.15) is 28.9 Å². The molecule has 1 aromatic heterocycles. The van der Waals surface area contributed by atoms with Crippen molar-refractivity contribution in [3.05, 3.63) is 35.5 Å². The largest absolute Gasteiger partial charge is 0.497 e. The van der Waals surface area contributed by atoms with E-state index >= 15 is 0 Å². The van der Waals surface area contributed by atoms with Crippen molar-refractivity contribution < 1.29 is 14.3 Å². The Morgan fingerprint density at radius 1 is 1.42 bits per heavy atom. The van der Waals surface area contributed by atoms with Gasteiger partial charge >= 0.3 is 0 Å². The first-order valence-electron chi connectivity index (χ1n) is 7.65. The maximum atomic E-state index is 12.2. The summed E-state index contributed by atoms with van der Waals surface area (Å²) >= 11 is 1.14. The zero-order chi connectivity index (χ0) is 19.1. The number of anilines is 1. The lowest BCUT2D eigenvalue weighted by Gasteiger charge is -2.18. The molecule has 1 atom stereocenters. The molecule has 9 heteroatoms. The van der Waals surface area contributed by atoms with E-state index in [9.17, 15) is 4.79 Å². The lowest BCUT2D eigenvalue weighted by molar-refractivity contribution is -0.119. The van der Waals surface area contributed by atoms with Gasteiger partial charge in [0.25, 0.3) is 0 Å². The first kappa shape index (κ1) is 19.3. The number of nitrogens with one attached hydrogen (secondary N) is 1. The highest BCUT2D eigenvalue weighted by Crippen LogP contribution is 2.29. The fourth-order valence-corrected chi connectivity index (χ4v) is 2.84. The number of hydrogen-bond acceptors (Lipinski definition) is 8. The van der Waals surface area contributed by atoms with Crippen LogP contribution in [0.15, 0.2) is 29.6 Å². The molecule has 0 spiro atoms. The number of amides is 1. The van der Waals surface area contributed by atoms with Crippen LogP contribution in [0.2, 0.25) is 0 Å². The molecule has 2 rings (SSSR count). The minimum Gasteiger partial charge on any atom is -0.497 e. The van der Waals surface area contributed by atoms with Crippen molar-refractivity contribution in [3.63, 3.8) is 0 Å². The van der Waals surface area contributed by atoms with E-state index in [1.54, 1.807) is 26.4 Å². The number of carbonyl (C=O) groups excluding carboxylic acids is 1. The van der Waals surface area contributed by atoms with Crippen molar-refractivity contribution in [3.8, 4) is 17.6 Å². The number of benzene rings is 1. The molecule has 136 valence electrons. The number of ether oxygens (including phenoxy) is 2. The number of aromatic nitrogens is 2. The molecule has 0 bridgehead atoms. The van der Waals surface area contributed by atoms with Crippen LogP contribution in [0.4, 0.5) is 5.82 Å². The Morgan fingerprint density at radius 2 is 2.19 bits per heavy atom. The topological polar surface area (TPSA) is 123 Å². The van der Waals surface area contributed by atoms with Gasteiger partial charge < -0.3 is 20.5 Å². The van der Waals surface area contributed by atoms with Gasteiger partial charge in [-0.1, -0.05) is 11.8 Å². The highest BCUT2D eigenvalue weighted by Gasteiger charge is 2.16. The van der Waals surface area contributed by atoms with Crippen molar-refractivity contribution in [1.29, 1.82) is 5.26 Å². The molecule has 2 aromatic rings. The molecule has 0 saturated heterocycles. The van der Waals surface area contributed by atoms with E-state index in [4.69, 9.17) is 20.5 Å². The first-order valence-corrected chi connectivity index (χ1v) is 8.63. The summed E-state index contributed by atoms with van der Waals surface area (Å²) in [5, 5.41) is 12.0. The number of nitrogen functional groups attached to an aromatic ring is 1. The van der Waals surface area contributed by atoms with E-state index < -0.39 is 0 Å². The normalized spacial score (nSPS) is 11.3. The second-order valence-electron chi connectivity index (χ2n) is 5.25. The van der Waals surface area contributed by atoms with E-state index in [1.807, 2.05) is 19.1 Å². The molecule has 0 unspecified atom stereocenters. The summed E-state index contributed by atoms with van der Waals surface area (Å²) < 4.78 is 10.6. The minimum atomic E-state index is -0.278. The zero-order valence-corrected chi connectivity index (χ0v) is 15.5. The van der Waals surface area contributed by atoms with Gasteiger partial charge in [-0.3, -0.25) is 4.79 Å². The fourth-order valence-electron chi connectivity index (χ4n) is 2.20. The monoisotopic (exact) mass is 373 g/mol. The summed E-state index contributed by atoms with van der Waals surface area (Å²) in [5.74, 6) is 1.35. The second kappa shape index (κ2) is 8.92. The number of hydrogen-bond donors (Lipinski definition) is 2. The van der Waals surface area contributed by atoms with Gasteiger partial charge in [-0.05, 0) is 25.1 Å². The molecule has 1 aromatic carbocycles. The highest BCUT2D eigenvalue weighted by atomic mass is 32.2. The van der Waals surface area contributed by atoms with Crippen molar-refractivity contribution in [2.24, 2.45) is 0 Å². The summed E-state index contributed by atoms with van der Waals surface area (Å²) in [6, 6.07) is 7.02. The number of nitriles is 1. The number of rotatable bonds is 7. The molecule has 0 aliphatic carbocycles. The van der Waals surface area contributed by atoms with Crippen molar-refractivity contribution in [2.45, 2.75) is 18.1 Å². The number of thioether (sulfide) groups is 1. The quantitative estimate of drug-likeness (QED) is 0.557. The molecule has 8 nitrogen and oxygen atoms in total. The summed E-state index contributed by atoms with van der Waals surface area (Å²) in [7, 11) is 3.15. The average molecular weight is 373 g/mol. The van der Waals surface area contributed by atoms with E-state index in [2.05, 4.69) is 15.3 Å². The van der Waals surface area contributed by atoms with Crippen LogP contribution >= 0.6 is 11.8 Å². The van der Waals surface area contributed by atoms with Crippen LogP contribution in [0, 0.1) is 11.3 Å². The van der Waals surface area contributed by atoms with Crippen LogP contribution in [-0.2, 0) is 4.79 Å². The Balaban J connectivity index is 1.99. The zero-order valence-electron chi connectivity index (χ0n) is 14.6. The fraction of sp³-hybridized carbons (Fsp3) is 0.294. The van der Waals surface area contributed by atoms with E-state index in [-0.39, 0.29) is 29.1 Å². The first-order chi connectivity index (χ1) is 12.5. The number of nitrogens with two attached hydrogens (primary N) is 1. The van der Waals surface area contributed by atoms with Crippen LogP contribution in [0.3, 0.4) is 0 Å². The third-order valence-electron chi connectivity index (χ3n) is 3.53. The second-order valence-corrected chi connectivity index (χ2v) is 6.19. The van der Waals surface area contributed by atoms with Gasteiger partial charge in [-0.15, -0.1) is 0 Å². The van der Waals surface area contributed by atoms with Crippen LogP contribution < -0.4 is 20.5 Å². The molecule has 1 amide bonds. The summed E-state index contributed by atoms with van der Waals surface area (Å²) in [5.41, 5.74) is 6.66. The van der Waals surface area contributed by atoms with Gasteiger partial charge in [0, 0.05) is 5.56 Å². The van der Waals surface area contributed by atoms with Gasteiger partial charge in [-0.2, -0.15) is 5.26 Å². The molecule has 3 N–H and O–H groups in total. The number of nitrogens with zero attached hydrogens (tertiary/aromatic N) is 3. The average Bonchev–Trinajstić information content (AvgIpc) is 2.65. The lowest BCUT2D eigenvalue weighted by Crippen LogP contribution is -2.28. The molecule has 0 aliphatic rings. The molecule has 26 heavy (non-hydrogen) atoms. The Bertz CT molecular complexity index is 838. The molecule has 0 radical (unpaired) electrons. The third kappa shape index (κ3) is 4.77. The van der Waals surface area contributed by atoms with Gasteiger partial charge in [0.15, 0.2) is 5.16 Å². The lowest BCUT2D eigenvalue weighted by atomic mass is 10.1. The van der Waals surface area contributed by atoms with Crippen molar-refractivity contribution >= 4 is 23.5 Å². The number of carbonyl (C=O) groups is 1. The predicted octanol–water partition coefficient (Wildman–Crippen LogP) is 1.92. The Labute approximate surface area is 155 Å². The third-order valence-corrected chi connectivity index (χ3v) is 4.39. The molecular formula is C17H19N5O3S. The minimum absolute atomic E-state index is 0.0971. The summed E-state index contributed by atoms with van der Waals surface area (Å²) in [4.78, 5) is 20.2. The van der Waals surface area contributed by atoms with E-state index in [0.29, 0.717) is 16.7 Å². The maximum Gasteiger partial charge on any atom is 0.230 e. The highest BCUT2D eigenvalue weighted by molar-refractivity contribution is 7.99. The Kier molecular flexibility index (Phi) is 6.63. The van der Waals surface area contributed by atoms with E-state index in [1.165, 1.54) is 6.20 Å². The standard InChI is InChI=1S/C17H19N5O3S/c1-10(13-6-12(24-2)4-5-14(13)25-3)21-15(23)9-26-17-20-8-11(7-18)16(19)22-17/h4-6,8,10H,9H2,1-3H3,(H,21,23)(H2,19,20,22)/t10-/m0/s1. The SMILES string of the molecule is COc1ccc(OC)c([C@H](C)NC(=O)CSc2ncc(C#N)c(N)n2)c1. The van der Waals surface area contributed by atoms with Gasteiger partial charge in [-0.25, -0.2) is 9.97 Å². The molecule has 0 fully saturated rings. The molecule has 1 heterocycles. The van der Waals surface area contributed by atoms with Gasteiger partial charge in [0.05, 0.1) is 32.2 Å². The summed E-state index contributed by atoms with van der Waals surface area (Å²) in [6.07, 6.45) is 1.34. The van der Waals surface area contributed by atoms with Crippen LogP contribution in [0.1, 0.15) is 24.1 Å². The van der Waals surface area contributed by atoms with Crippen LogP contribution in [0.5, 0.6) is 11.5 Å². The van der Waals surface area contributed by atoms with Crippen LogP contribution in [-0.4, -0.2) is 35.8 Å². The summed E-state index contributed by atoms with van der Waals surface area (Å²) in [6.45, 7) is 1.86.